The molecule has 13 heteroatoms. The highest BCUT2D eigenvalue weighted by Gasteiger charge is 2.49. The van der Waals surface area contributed by atoms with Crippen molar-refractivity contribution in [3.05, 3.63) is 51.6 Å². The van der Waals surface area contributed by atoms with Crippen LogP contribution >= 0.6 is 0 Å². The van der Waals surface area contributed by atoms with Gasteiger partial charge in [-0.25, -0.2) is 0 Å². The van der Waals surface area contributed by atoms with Crippen LogP contribution in [0.25, 0.3) is 0 Å². The molecule has 4 aliphatic rings. The molecule has 42 heavy (non-hydrogen) atoms. The number of phenols is 1. The Balaban J connectivity index is 1.61. The first-order valence-electron chi connectivity index (χ1n) is 13.4. The number of rotatable bonds is 6. The number of aliphatic hydroxyl groups excluding tert-OH is 1. The lowest BCUT2D eigenvalue weighted by atomic mass is 9.71. The van der Waals surface area contributed by atoms with E-state index in [1.807, 2.05) is 0 Å². The van der Waals surface area contributed by atoms with Gasteiger partial charge in [-0.15, -0.1) is 0 Å². The first-order chi connectivity index (χ1) is 19.8. The number of ether oxygens (including phenoxy) is 4. The number of Topliss-reactive ketones (excluding diaryl/α,β-unsaturated/α-hetero) is 3. The third-order valence-electron chi connectivity index (χ3n) is 8.17. The zero-order valence-corrected chi connectivity index (χ0v) is 23.1. The molecule has 0 saturated carbocycles. The Kier molecular flexibility index (Phi) is 7.77. The minimum absolute atomic E-state index is 0.0283. The Morgan fingerprint density at radius 3 is 2.55 bits per heavy atom. The van der Waals surface area contributed by atoms with Gasteiger partial charge in [-0.3, -0.25) is 24.0 Å². The van der Waals surface area contributed by atoms with E-state index in [9.17, 15) is 39.3 Å². The zero-order valence-electron chi connectivity index (χ0n) is 23.1. The van der Waals surface area contributed by atoms with E-state index in [-0.39, 0.29) is 39.8 Å². The molecule has 1 aliphatic heterocycles. The summed E-state index contributed by atoms with van der Waals surface area (Å²) in [6.07, 6.45) is -3.80. The second-order valence-electron chi connectivity index (χ2n) is 11.0. The summed E-state index contributed by atoms with van der Waals surface area (Å²) in [5.74, 6) is -4.19. The Labute approximate surface area is 239 Å². The highest BCUT2D eigenvalue weighted by molar-refractivity contribution is 6.32. The van der Waals surface area contributed by atoms with Crippen LogP contribution in [-0.4, -0.2) is 94.4 Å². The van der Waals surface area contributed by atoms with Crippen LogP contribution in [0.2, 0.25) is 0 Å². The number of benzene rings is 1. The van der Waals surface area contributed by atoms with Gasteiger partial charge in [-0.1, -0.05) is 0 Å². The quantitative estimate of drug-likeness (QED) is 0.322. The highest BCUT2D eigenvalue weighted by Crippen LogP contribution is 2.48. The molecular formula is C29H31NO12. The maximum Gasteiger partial charge on any atom is 0.303 e. The van der Waals surface area contributed by atoms with Gasteiger partial charge >= 0.3 is 5.97 Å². The van der Waals surface area contributed by atoms with Crippen molar-refractivity contribution >= 4 is 29.1 Å². The van der Waals surface area contributed by atoms with Gasteiger partial charge in [0.15, 0.2) is 30.2 Å². The second kappa shape index (κ2) is 10.9. The molecule has 0 spiro atoms. The molecule has 1 fully saturated rings. The number of fused-ring (bicyclic) bond motifs is 2. The van der Waals surface area contributed by atoms with E-state index in [0.717, 1.165) is 13.0 Å². The van der Waals surface area contributed by atoms with Gasteiger partial charge in [0.25, 0.3) is 0 Å². The van der Waals surface area contributed by atoms with E-state index in [1.54, 1.807) is 6.92 Å². The van der Waals surface area contributed by atoms with E-state index < -0.39 is 96.6 Å². The van der Waals surface area contributed by atoms with Gasteiger partial charge in [0.05, 0.1) is 23.9 Å². The number of phenolic OH excluding ortho intramolecular Hbond substituents is 1. The number of hydrogen-bond donors (Lipinski definition) is 4. The molecule has 0 amide bonds. The maximum atomic E-state index is 13.7. The van der Waals surface area contributed by atoms with Crippen LogP contribution in [0.5, 0.6) is 5.75 Å². The number of nitrogens with two attached hydrogens (primary N) is 1. The number of carbonyl (C=O) groups excluding carboxylic acids is 5. The van der Waals surface area contributed by atoms with Gasteiger partial charge in [0.2, 0.25) is 5.78 Å². The summed E-state index contributed by atoms with van der Waals surface area (Å²) in [6.45, 7) is 1.96. The molecule has 13 nitrogen and oxygen atoms in total. The molecule has 5 rings (SSSR count). The Hall–Kier alpha value is -3.59. The summed E-state index contributed by atoms with van der Waals surface area (Å²) >= 11 is 0. The standard InChI is InChI=1S/C29H31NO12/c1-11-24(34)16(30)7-20(41-11)42-18-9-29(38,19(33)10-40-12(2)31)8-13-6-15-22(26(36)21(13)18)27(37)23-14(25(15)35)4-5-17(32)28(23)39-3/h4-6,11,16,18,20,24,28,34,36,38H,7-10,30H2,1-3H3/t11-,16-,18-,20-,24+,28?,29-/m0/s1. The Morgan fingerprint density at radius 2 is 1.90 bits per heavy atom. The number of allylic oxidation sites excluding steroid dienone is 2. The molecule has 1 aromatic rings. The predicted octanol–water partition coefficient (Wildman–Crippen LogP) is -0.0880. The molecule has 0 radical (unpaired) electrons. The smallest absolute Gasteiger partial charge is 0.303 e. The van der Waals surface area contributed by atoms with Crippen LogP contribution in [0.3, 0.4) is 0 Å². The van der Waals surface area contributed by atoms with Crippen LogP contribution in [-0.2, 0) is 39.8 Å². The summed E-state index contributed by atoms with van der Waals surface area (Å²) in [5.41, 5.74) is 3.23. The minimum atomic E-state index is -2.15. The largest absolute Gasteiger partial charge is 0.507 e. The van der Waals surface area contributed by atoms with Crippen LogP contribution in [0, 0.1) is 0 Å². The predicted molar refractivity (Wildman–Crippen MR) is 140 cm³/mol. The van der Waals surface area contributed by atoms with Gasteiger partial charge in [0.1, 0.15) is 17.5 Å². The van der Waals surface area contributed by atoms with Crippen LogP contribution in [0.1, 0.15) is 64.6 Å². The first kappa shape index (κ1) is 29.9. The number of methoxy groups -OCH3 is 1. The average Bonchev–Trinajstić information content (AvgIpc) is 2.92. The van der Waals surface area contributed by atoms with E-state index in [2.05, 4.69) is 0 Å². The van der Waals surface area contributed by atoms with Gasteiger partial charge in [0, 0.05) is 61.6 Å². The topological polar surface area (TPSA) is 209 Å². The lowest BCUT2D eigenvalue weighted by molar-refractivity contribution is -0.247. The Morgan fingerprint density at radius 1 is 1.19 bits per heavy atom. The highest BCUT2D eigenvalue weighted by atomic mass is 16.7. The summed E-state index contributed by atoms with van der Waals surface area (Å²) in [4.78, 5) is 64.1. The number of esters is 1. The van der Waals surface area contributed by atoms with Crippen molar-refractivity contribution in [1.29, 1.82) is 0 Å². The van der Waals surface area contributed by atoms with Crippen molar-refractivity contribution in [2.24, 2.45) is 5.73 Å². The first-order valence-corrected chi connectivity index (χ1v) is 13.4. The fraction of sp³-hybridized carbons (Fsp3) is 0.483. The fourth-order valence-electron chi connectivity index (χ4n) is 6.01. The lowest BCUT2D eigenvalue weighted by Crippen LogP contribution is -2.53. The van der Waals surface area contributed by atoms with Crippen molar-refractivity contribution in [2.45, 2.75) is 75.5 Å². The third-order valence-corrected chi connectivity index (χ3v) is 8.17. The molecule has 7 atom stereocenters. The minimum Gasteiger partial charge on any atom is -0.507 e. The molecule has 224 valence electrons. The molecule has 1 saturated heterocycles. The van der Waals surface area contributed by atoms with Crippen molar-refractivity contribution < 1.29 is 58.2 Å². The molecule has 5 N–H and O–H groups in total. The van der Waals surface area contributed by atoms with E-state index in [0.29, 0.717) is 0 Å². The summed E-state index contributed by atoms with van der Waals surface area (Å²) in [6, 6.07) is 0.579. The fourth-order valence-corrected chi connectivity index (χ4v) is 6.01. The van der Waals surface area contributed by atoms with Crippen LogP contribution < -0.4 is 5.73 Å². The van der Waals surface area contributed by atoms with Gasteiger partial charge < -0.3 is 40.0 Å². The normalized spacial score (nSPS) is 32.3. The van der Waals surface area contributed by atoms with Crippen molar-refractivity contribution in [3.63, 3.8) is 0 Å². The molecule has 0 aromatic heterocycles. The second-order valence-corrected chi connectivity index (χ2v) is 11.0. The zero-order chi connectivity index (χ0) is 30.7. The number of carbonyl (C=O) groups is 5. The number of aromatic hydroxyl groups is 1. The van der Waals surface area contributed by atoms with Crippen LogP contribution in [0.4, 0.5) is 0 Å². The van der Waals surface area contributed by atoms with E-state index in [1.165, 1.54) is 19.3 Å². The van der Waals surface area contributed by atoms with E-state index in [4.69, 9.17) is 24.7 Å². The number of hydrogen-bond acceptors (Lipinski definition) is 13. The molecule has 0 bridgehead atoms. The molecular weight excluding hydrogens is 554 g/mol. The number of ketones is 4. The summed E-state index contributed by atoms with van der Waals surface area (Å²) in [7, 11) is 1.22. The van der Waals surface area contributed by atoms with Crippen molar-refractivity contribution in [2.75, 3.05) is 13.7 Å². The van der Waals surface area contributed by atoms with Crippen molar-refractivity contribution in [3.8, 4) is 5.75 Å². The van der Waals surface area contributed by atoms with Gasteiger partial charge in [-0.2, -0.15) is 0 Å². The Bertz CT molecular complexity index is 1450. The van der Waals surface area contributed by atoms with Crippen LogP contribution in [0.15, 0.2) is 29.4 Å². The van der Waals surface area contributed by atoms with Crippen molar-refractivity contribution in [1.82, 2.24) is 0 Å². The summed E-state index contributed by atoms with van der Waals surface area (Å²) < 4.78 is 21.9. The summed E-state index contributed by atoms with van der Waals surface area (Å²) in [5, 5.41) is 33.2. The molecule has 1 heterocycles. The lowest BCUT2D eigenvalue weighted by Gasteiger charge is -2.42. The molecule has 1 aromatic carbocycles. The maximum absolute atomic E-state index is 13.7. The van der Waals surface area contributed by atoms with Gasteiger partial charge in [-0.05, 0) is 30.7 Å². The SMILES string of the molecule is COC1C(=O)C=CC2=C1C(=O)c1c(cc3c(c1O)[C@@H](O[C@H]1C[C@H](N)[C@H](O)[C@H](C)O1)C[C@](O)(C(=O)COC(C)=O)C3)C2=O. The molecule has 1 unspecified atom stereocenters. The molecule has 3 aliphatic carbocycles. The van der Waals surface area contributed by atoms with E-state index >= 15 is 0 Å². The monoisotopic (exact) mass is 585 g/mol. The number of aliphatic hydroxyl groups is 2. The average molecular weight is 586 g/mol. The third kappa shape index (κ3) is 4.91.